The summed E-state index contributed by atoms with van der Waals surface area (Å²) in [5, 5.41) is 0. The van der Waals surface area contributed by atoms with Gasteiger partial charge >= 0.3 is 0 Å². The van der Waals surface area contributed by atoms with E-state index in [4.69, 9.17) is 4.74 Å². The maximum Gasteiger partial charge on any atom is 0.247 e. The van der Waals surface area contributed by atoms with E-state index in [1.807, 2.05) is 25.3 Å². The number of hydrogen-bond acceptors (Lipinski definition) is 3. The highest BCUT2D eigenvalue weighted by atomic mass is 79.9. The van der Waals surface area contributed by atoms with Crippen molar-refractivity contribution in [2.45, 2.75) is 24.4 Å². The molecule has 2 aromatic rings. The third-order valence-corrected chi connectivity index (χ3v) is 6.48. The zero-order valence-electron chi connectivity index (χ0n) is 12.4. The number of fused-ring (bicyclic) bond motifs is 1. The fraction of sp³-hybridized carbons (Fsp3) is 0.333. The van der Waals surface area contributed by atoms with Crippen molar-refractivity contribution in [2.75, 3.05) is 13.7 Å². The van der Waals surface area contributed by atoms with E-state index in [-0.39, 0.29) is 10.9 Å². The number of hydrogen-bond donors (Lipinski definition) is 0. The molecule has 1 aromatic carbocycles. The van der Waals surface area contributed by atoms with Gasteiger partial charge in [-0.1, -0.05) is 15.9 Å². The standard InChI is InChI=1S/C15H17BrN2O3S/c1-11-13-4-3-7-17(13)8-9-18(11)22(19,20)15-10-12(16)5-6-14(15)21-2/h3-7,10-11H,8-9H2,1-2H3/t11-/m0/s1. The van der Waals surface area contributed by atoms with Crippen molar-refractivity contribution in [1.29, 1.82) is 0 Å². The highest BCUT2D eigenvalue weighted by Gasteiger charge is 2.35. The number of aromatic nitrogens is 1. The fourth-order valence-electron chi connectivity index (χ4n) is 2.86. The number of methoxy groups -OCH3 is 1. The molecule has 1 aliphatic rings. The summed E-state index contributed by atoms with van der Waals surface area (Å²) in [5.41, 5.74) is 1.00. The van der Waals surface area contributed by atoms with Gasteiger partial charge in [-0.25, -0.2) is 8.42 Å². The first-order valence-corrected chi connectivity index (χ1v) is 9.19. The van der Waals surface area contributed by atoms with Crippen molar-refractivity contribution in [3.8, 4) is 5.75 Å². The largest absolute Gasteiger partial charge is 0.495 e. The van der Waals surface area contributed by atoms with Crippen molar-refractivity contribution < 1.29 is 13.2 Å². The Hall–Kier alpha value is -1.31. The molecule has 1 aromatic heterocycles. The molecular weight excluding hydrogens is 368 g/mol. The van der Waals surface area contributed by atoms with Crippen LogP contribution in [0.2, 0.25) is 0 Å². The smallest absolute Gasteiger partial charge is 0.247 e. The molecule has 0 bridgehead atoms. The van der Waals surface area contributed by atoms with Crippen LogP contribution in [0.3, 0.4) is 0 Å². The summed E-state index contributed by atoms with van der Waals surface area (Å²) < 4.78 is 35.7. The van der Waals surface area contributed by atoms with E-state index in [1.54, 1.807) is 18.2 Å². The minimum absolute atomic E-state index is 0.191. The average Bonchev–Trinajstić information content (AvgIpc) is 2.96. The van der Waals surface area contributed by atoms with Gasteiger partial charge < -0.3 is 9.30 Å². The van der Waals surface area contributed by atoms with Crippen molar-refractivity contribution in [3.05, 3.63) is 46.7 Å². The molecule has 3 rings (SSSR count). The summed E-state index contributed by atoms with van der Waals surface area (Å²) in [5.74, 6) is 0.358. The van der Waals surface area contributed by atoms with Crippen LogP contribution in [0.5, 0.6) is 5.75 Å². The van der Waals surface area contributed by atoms with Crippen LogP contribution < -0.4 is 4.74 Å². The van der Waals surface area contributed by atoms with Gasteiger partial charge in [0, 0.05) is 29.5 Å². The lowest BCUT2D eigenvalue weighted by Gasteiger charge is -2.34. The minimum Gasteiger partial charge on any atom is -0.495 e. The number of sulfonamides is 1. The van der Waals surface area contributed by atoms with Crippen LogP contribution in [0.15, 0.2) is 45.9 Å². The molecule has 0 saturated heterocycles. The summed E-state index contributed by atoms with van der Waals surface area (Å²) >= 11 is 3.33. The van der Waals surface area contributed by atoms with Gasteiger partial charge in [0.05, 0.1) is 13.2 Å². The SMILES string of the molecule is COc1ccc(Br)cc1S(=O)(=O)N1CCn2cccc2[C@@H]1C. The van der Waals surface area contributed by atoms with Crippen LogP contribution in [-0.2, 0) is 16.6 Å². The molecule has 1 atom stereocenters. The van der Waals surface area contributed by atoms with E-state index in [0.29, 0.717) is 23.3 Å². The topological polar surface area (TPSA) is 51.5 Å². The van der Waals surface area contributed by atoms with Crippen LogP contribution in [0.1, 0.15) is 18.7 Å². The van der Waals surface area contributed by atoms with Gasteiger partial charge in [0.25, 0.3) is 0 Å². The second-order valence-electron chi connectivity index (χ2n) is 5.21. The monoisotopic (exact) mass is 384 g/mol. The number of benzene rings is 1. The van der Waals surface area contributed by atoms with Crippen LogP contribution >= 0.6 is 15.9 Å². The van der Waals surface area contributed by atoms with Gasteiger partial charge in [-0.15, -0.1) is 0 Å². The normalized spacial score (nSPS) is 19.0. The summed E-state index contributed by atoms with van der Waals surface area (Å²) in [4.78, 5) is 0.191. The minimum atomic E-state index is -3.63. The second-order valence-corrected chi connectivity index (χ2v) is 7.99. The van der Waals surface area contributed by atoms with Gasteiger partial charge in [-0.2, -0.15) is 4.31 Å². The number of ether oxygens (including phenoxy) is 1. The molecule has 0 fully saturated rings. The first kappa shape index (κ1) is 15.6. The predicted molar refractivity (Wildman–Crippen MR) is 87.4 cm³/mol. The van der Waals surface area contributed by atoms with E-state index < -0.39 is 10.0 Å². The average molecular weight is 385 g/mol. The molecule has 0 unspecified atom stereocenters. The first-order chi connectivity index (χ1) is 10.4. The molecular formula is C15H17BrN2O3S. The quantitative estimate of drug-likeness (QED) is 0.816. The molecule has 0 spiro atoms. The van der Waals surface area contributed by atoms with Crippen LogP contribution in [0.4, 0.5) is 0 Å². The summed E-state index contributed by atoms with van der Waals surface area (Å²) in [6.07, 6.45) is 1.98. The highest BCUT2D eigenvalue weighted by molar-refractivity contribution is 9.10. The Kier molecular flexibility index (Phi) is 4.05. The molecule has 0 saturated carbocycles. The Balaban J connectivity index is 2.06. The summed E-state index contributed by atoms with van der Waals surface area (Å²) in [6.45, 7) is 3.01. The first-order valence-electron chi connectivity index (χ1n) is 6.95. The molecule has 118 valence electrons. The van der Waals surface area contributed by atoms with E-state index in [2.05, 4.69) is 20.5 Å². The van der Waals surface area contributed by atoms with Crippen LogP contribution in [-0.4, -0.2) is 30.9 Å². The van der Waals surface area contributed by atoms with Crippen molar-refractivity contribution in [1.82, 2.24) is 8.87 Å². The highest BCUT2D eigenvalue weighted by Crippen LogP contribution is 2.35. The molecule has 0 radical (unpaired) electrons. The molecule has 22 heavy (non-hydrogen) atoms. The molecule has 5 nitrogen and oxygen atoms in total. The lowest BCUT2D eigenvalue weighted by molar-refractivity contribution is 0.281. The summed E-state index contributed by atoms with van der Waals surface area (Å²) in [6, 6.07) is 8.72. The van der Waals surface area contributed by atoms with E-state index in [0.717, 1.165) is 5.69 Å². The zero-order valence-corrected chi connectivity index (χ0v) is 14.8. The third kappa shape index (κ3) is 2.47. The lowest BCUT2D eigenvalue weighted by Crippen LogP contribution is -2.40. The Morgan fingerprint density at radius 3 is 2.77 bits per heavy atom. The van der Waals surface area contributed by atoms with E-state index in [9.17, 15) is 8.42 Å². The van der Waals surface area contributed by atoms with Crippen molar-refractivity contribution in [2.24, 2.45) is 0 Å². The van der Waals surface area contributed by atoms with Gasteiger partial charge in [0.15, 0.2) is 0 Å². The van der Waals surface area contributed by atoms with Crippen LogP contribution in [0, 0.1) is 0 Å². The second kappa shape index (κ2) is 5.72. The summed E-state index contributed by atoms with van der Waals surface area (Å²) in [7, 11) is -2.15. The maximum absolute atomic E-state index is 13.1. The van der Waals surface area contributed by atoms with E-state index >= 15 is 0 Å². The molecule has 1 aliphatic heterocycles. The predicted octanol–water partition coefficient (Wildman–Crippen LogP) is 3.02. The third-order valence-electron chi connectivity index (χ3n) is 4.00. The van der Waals surface area contributed by atoms with Gasteiger partial charge in [-0.3, -0.25) is 0 Å². The Morgan fingerprint density at radius 1 is 1.27 bits per heavy atom. The van der Waals surface area contributed by atoms with Gasteiger partial charge in [0.2, 0.25) is 10.0 Å². The Labute approximate surface area is 138 Å². The Morgan fingerprint density at radius 2 is 2.05 bits per heavy atom. The number of rotatable bonds is 3. The molecule has 7 heteroatoms. The number of halogens is 1. The van der Waals surface area contributed by atoms with Gasteiger partial charge in [-0.05, 0) is 37.3 Å². The molecule has 0 amide bonds. The van der Waals surface area contributed by atoms with Crippen molar-refractivity contribution in [3.63, 3.8) is 0 Å². The Bertz CT molecular complexity index is 801. The maximum atomic E-state index is 13.1. The molecule has 2 heterocycles. The number of nitrogens with zero attached hydrogens (tertiary/aromatic N) is 2. The van der Waals surface area contributed by atoms with Gasteiger partial charge in [0.1, 0.15) is 10.6 Å². The van der Waals surface area contributed by atoms with E-state index in [1.165, 1.54) is 11.4 Å². The van der Waals surface area contributed by atoms with Crippen LogP contribution in [0.25, 0.3) is 0 Å². The van der Waals surface area contributed by atoms with Crippen molar-refractivity contribution >= 4 is 26.0 Å². The molecule has 0 aliphatic carbocycles. The molecule has 0 N–H and O–H groups in total. The lowest BCUT2D eigenvalue weighted by atomic mass is 10.2. The fourth-order valence-corrected chi connectivity index (χ4v) is 5.16. The zero-order chi connectivity index (χ0) is 15.9.